The van der Waals surface area contributed by atoms with Crippen LogP contribution in [-0.2, 0) is 0 Å². The van der Waals surface area contributed by atoms with Gasteiger partial charge in [0.25, 0.3) is 0 Å². The van der Waals surface area contributed by atoms with Crippen LogP contribution in [0, 0.1) is 29.1 Å². The summed E-state index contributed by atoms with van der Waals surface area (Å²) in [5.41, 5.74) is 0. The van der Waals surface area contributed by atoms with Gasteiger partial charge in [0.1, 0.15) is 0 Å². The van der Waals surface area contributed by atoms with Gasteiger partial charge in [-0.2, -0.15) is 5.26 Å². The smallest absolute Gasteiger partial charge is 0.0624 e. The zero-order chi connectivity index (χ0) is 7.56. The summed E-state index contributed by atoms with van der Waals surface area (Å²) >= 11 is 0. The zero-order valence-electron chi connectivity index (χ0n) is 6.80. The van der Waals surface area contributed by atoms with Crippen LogP contribution < -0.4 is 0 Å². The Bertz CT molecular complexity index is 135. The van der Waals surface area contributed by atoms with Gasteiger partial charge in [-0.25, -0.2) is 0 Å². The van der Waals surface area contributed by atoms with Gasteiger partial charge in [-0.15, -0.1) is 0 Å². The Morgan fingerprint density at radius 2 is 1.80 bits per heavy atom. The number of hydrogen-bond donors (Lipinski definition) is 0. The second-order valence-electron chi connectivity index (χ2n) is 3.65. The van der Waals surface area contributed by atoms with Crippen molar-refractivity contribution in [3.63, 3.8) is 0 Å². The van der Waals surface area contributed by atoms with Crippen LogP contribution in [0.15, 0.2) is 0 Å². The first-order chi connectivity index (χ1) is 4.74. The maximum atomic E-state index is 8.45. The molecule has 0 heterocycles. The van der Waals surface area contributed by atoms with Crippen molar-refractivity contribution < 1.29 is 0 Å². The van der Waals surface area contributed by atoms with Crippen LogP contribution in [0.4, 0.5) is 0 Å². The highest BCUT2D eigenvalue weighted by Crippen LogP contribution is 2.36. The highest BCUT2D eigenvalue weighted by Gasteiger charge is 2.27. The third-order valence-corrected chi connectivity index (χ3v) is 2.76. The number of nitrogens with zero attached hydrogens (tertiary/aromatic N) is 1. The van der Waals surface area contributed by atoms with E-state index in [0.29, 0.717) is 5.92 Å². The molecule has 1 heteroatoms. The third-order valence-electron chi connectivity index (χ3n) is 2.76. The molecule has 0 saturated heterocycles. The molecule has 1 aliphatic carbocycles. The van der Waals surface area contributed by atoms with Crippen LogP contribution in [0.3, 0.4) is 0 Å². The van der Waals surface area contributed by atoms with Gasteiger partial charge in [-0.1, -0.05) is 13.8 Å². The Hall–Kier alpha value is -0.510. The molecular weight excluding hydrogens is 122 g/mol. The van der Waals surface area contributed by atoms with Crippen molar-refractivity contribution >= 4 is 0 Å². The molecule has 1 saturated carbocycles. The SMILES string of the molecule is C[C@H]1CC(CC#N)C[C@@H]1C. The summed E-state index contributed by atoms with van der Waals surface area (Å²) in [5, 5.41) is 8.45. The van der Waals surface area contributed by atoms with E-state index >= 15 is 0 Å². The monoisotopic (exact) mass is 137 g/mol. The van der Waals surface area contributed by atoms with Gasteiger partial charge >= 0.3 is 0 Å². The van der Waals surface area contributed by atoms with Gasteiger partial charge < -0.3 is 0 Å². The molecular formula is C9H15N. The lowest BCUT2D eigenvalue weighted by Gasteiger charge is -2.04. The minimum absolute atomic E-state index is 0.704. The molecule has 1 nitrogen and oxygen atoms in total. The average molecular weight is 137 g/mol. The summed E-state index contributed by atoms with van der Waals surface area (Å²) in [6.07, 6.45) is 3.32. The molecule has 0 radical (unpaired) electrons. The van der Waals surface area contributed by atoms with Crippen molar-refractivity contribution in [3.05, 3.63) is 0 Å². The maximum absolute atomic E-state index is 8.45. The van der Waals surface area contributed by atoms with Crippen LogP contribution in [-0.4, -0.2) is 0 Å². The highest BCUT2D eigenvalue weighted by molar-refractivity contribution is 4.84. The minimum atomic E-state index is 0.704. The van der Waals surface area contributed by atoms with Crippen LogP contribution in [0.2, 0.25) is 0 Å². The van der Waals surface area contributed by atoms with Crippen molar-refractivity contribution in [2.24, 2.45) is 17.8 Å². The summed E-state index contributed by atoms with van der Waals surface area (Å²) in [5.74, 6) is 2.40. The summed E-state index contributed by atoms with van der Waals surface area (Å²) in [6.45, 7) is 4.59. The predicted octanol–water partition coefficient (Wildman–Crippen LogP) is 2.58. The minimum Gasteiger partial charge on any atom is -0.198 e. The van der Waals surface area contributed by atoms with E-state index in [1.807, 2.05) is 0 Å². The normalized spacial score (nSPS) is 34.1. The zero-order valence-corrected chi connectivity index (χ0v) is 6.80. The fourth-order valence-corrected chi connectivity index (χ4v) is 1.91. The molecule has 0 amide bonds. The molecule has 0 aromatic heterocycles. The molecule has 0 N–H and O–H groups in total. The fourth-order valence-electron chi connectivity index (χ4n) is 1.91. The first kappa shape index (κ1) is 7.60. The quantitative estimate of drug-likeness (QED) is 0.545. The van der Waals surface area contributed by atoms with E-state index in [-0.39, 0.29) is 0 Å². The van der Waals surface area contributed by atoms with Gasteiger partial charge in [0.05, 0.1) is 6.07 Å². The highest BCUT2D eigenvalue weighted by atomic mass is 14.3. The first-order valence-corrected chi connectivity index (χ1v) is 4.11. The topological polar surface area (TPSA) is 23.8 Å². The molecule has 0 aliphatic heterocycles. The number of hydrogen-bond acceptors (Lipinski definition) is 1. The van der Waals surface area contributed by atoms with Gasteiger partial charge in [0, 0.05) is 6.42 Å². The van der Waals surface area contributed by atoms with Gasteiger partial charge in [0.15, 0.2) is 0 Å². The third kappa shape index (κ3) is 1.50. The van der Waals surface area contributed by atoms with Crippen molar-refractivity contribution in [2.75, 3.05) is 0 Å². The summed E-state index contributed by atoms with van der Waals surface area (Å²) in [4.78, 5) is 0. The predicted molar refractivity (Wildman–Crippen MR) is 41.3 cm³/mol. The van der Waals surface area contributed by atoms with Crippen molar-refractivity contribution in [3.8, 4) is 6.07 Å². The van der Waals surface area contributed by atoms with Crippen LogP contribution in [0.1, 0.15) is 33.1 Å². The van der Waals surface area contributed by atoms with Gasteiger partial charge in [-0.3, -0.25) is 0 Å². The van der Waals surface area contributed by atoms with Crippen LogP contribution in [0.25, 0.3) is 0 Å². The summed E-state index contributed by atoms with van der Waals surface area (Å²) in [6, 6.07) is 2.25. The van der Waals surface area contributed by atoms with Crippen LogP contribution in [0.5, 0.6) is 0 Å². The van der Waals surface area contributed by atoms with Gasteiger partial charge in [-0.05, 0) is 30.6 Å². The van der Waals surface area contributed by atoms with Crippen molar-refractivity contribution in [1.29, 1.82) is 5.26 Å². The molecule has 56 valence electrons. The second kappa shape index (κ2) is 3.05. The first-order valence-electron chi connectivity index (χ1n) is 4.11. The number of nitriles is 1. The molecule has 10 heavy (non-hydrogen) atoms. The average Bonchev–Trinajstić information content (AvgIpc) is 2.14. The Morgan fingerprint density at radius 3 is 2.20 bits per heavy atom. The van der Waals surface area contributed by atoms with E-state index in [9.17, 15) is 0 Å². The van der Waals surface area contributed by atoms with E-state index in [0.717, 1.165) is 18.3 Å². The van der Waals surface area contributed by atoms with Crippen molar-refractivity contribution in [1.82, 2.24) is 0 Å². The van der Waals surface area contributed by atoms with E-state index in [1.165, 1.54) is 12.8 Å². The molecule has 2 atom stereocenters. The molecule has 1 rings (SSSR count). The molecule has 0 aromatic carbocycles. The molecule has 0 aromatic rings. The summed E-state index contributed by atoms with van der Waals surface area (Å²) in [7, 11) is 0. The fraction of sp³-hybridized carbons (Fsp3) is 0.889. The Labute approximate surface area is 63.0 Å². The van der Waals surface area contributed by atoms with Gasteiger partial charge in [0.2, 0.25) is 0 Å². The number of rotatable bonds is 1. The Morgan fingerprint density at radius 1 is 1.30 bits per heavy atom. The van der Waals surface area contributed by atoms with Crippen LogP contribution >= 0.6 is 0 Å². The lowest BCUT2D eigenvalue weighted by Crippen LogP contribution is -1.95. The molecule has 1 aliphatic rings. The Balaban J connectivity index is 2.35. The molecule has 0 unspecified atom stereocenters. The van der Waals surface area contributed by atoms with E-state index in [2.05, 4.69) is 19.9 Å². The lowest BCUT2D eigenvalue weighted by molar-refractivity contribution is 0.457. The molecule has 0 spiro atoms. The second-order valence-corrected chi connectivity index (χ2v) is 3.65. The molecule has 1 fully saturated rings. The standard InChI is InChI=1S/C9H15N/c1-7-5-9(3-4-10)6-8(7)2/h7-9H,3,5-6H2,1-2H3/t7-,8-/m0/s1. The van der Waals surface area contributed by atoms with E-state index in [1.54, 1.807) is 0 Å². The van der Waals surface area contributed by atoms with E-state index < -0.39 is 0 Å². The Kier molecular flexibility index (Phi) is 2.32. The van der Waals surface area contributed by atoms with E-state index in [4.69, 9.17) is 5.26 Å². The lowest BCUT2D eigenvalue weighted by atomic mass is 10.0. The van der Waals surface area contributed by atoms with Crippen molar-refractivity contribution in [2.45, 2.75) is 33.1 Å². The largest absolute Gasteiger partial charge is 0.198 e. The summed E-state index contributed by atoms with van der Waals surface area (Å²) < 4.78 is 0. The molecule has 0 bridgehead atoms. The maximum Gasteiger partial charge on any atom is 0.0624 e.